The number of nitrogens with zero attached hydrogens (tertiary/aromatic N) is 1. The minimum Gasteiger partial charge on any atom is -0.397 e. The Labute approximate surface area is 98.8 Å². The van der Waals surface area contributed by atoms with Crippen molar-refractivity contribution in [2.45, 2.75) is 24.8 Å². The van der Waals surface area contributed by atoms with Gasteiger partial charge >= 0.3 is 0 Å². The third-order valence-corrected chi connectivity index (χ3v) is 3.62. The smallest absolute Gasteiger partial charge is 0.271 e. The number of nitrogens with two attached hydrogens (primary N) is 1. The van der Waals surface area contributed by atoms with Gasteiger partial charge in [-0.25, -0.2) is 13.1 Å². The summed E-state index contributed by atoms with van der Waals surface area (Å²) in [7, 11) is -3.73. The quantitative estimate of drug-likeness (QED) is 0.472. The number of non-ortho nitro benzene ring substituents is 1. The van der Waals surface area contributed by atoms with Crippen molar-refractivity contribution in [1.82, 2.24) is 4.72 Å². The van der Waals surface area contributed by atoms with Crippen LogP contribution in [0, 0.1) is 10.1 Å². The normalized spacial score (nSPS) is 11.7. The highest BCUT2D eigenvalue weighted by molar-refractivity contribution is 7.89. The Bertz CT molecular complexity index is 539. The highest BCUT2D eigenvalue weighted by Crippen LogP contribution is 2.23. The van der Waals surface area contributed by atoms with Crippen LogP contribution in [0.5, 0.6) is 0 Å². The molecule has 1 rings (SSSR count). The number of benzene rings is 1. The second-order valence-corrected chi connectivity index (χ2v) is 5.44. The molecule has 0 aromatic heterocycles. The maximum atomic E-state index is 11.8. The van der Waals surface area contributed by atoms with Gasteiger partial charge in [-0.05, 0) is 19.9 Å². The van der Waals surface area contributed by atoms with E-state index in [9.17, 15) is 18.5 Å². The predicted molar refractivity (Wildman–Crippen MR) is 63.0 cm³/mol. The molecule has 0 aliphatic carbocycles. The molecule has 1 aromatic rings. The molecule has 0 saturated carbocycles. The molecule has 7 nitrogen and oxygen atoms in total. The average Bonchev–Trinajstić information content (AvgIpc) is 2.14. The van der Waals surface area contributed by atoms with Crippen LogP contribution >= 0.6 is 0 Å². The van der Waals surface area contributed by atoms with Crippen LogP contribution in [0.4, 0.5) is 11.4 Å². The number of nitro benzene ring substituents is 1. The Kier molecular flexibility index (Phi) is 3.69. The number of nitrogen functional groups attached to an aromatic ring is 1. The summed E-state index contributed by atoms with van der Waals surface area (Å²) in [6, 6.07) is 2.97. The average molecular weight is 259 g/mol. The van der Waals surface area contributed by atoms with Crippen molar-refractivity contribution in [3.05, 3.63) is 28.3 Å². The Morgan fingerprint density at radius 1 is 1.41 bits per heavy atom. The molecular weight excluding hydrogens is 246 g/mol. The van der Waals surface area contributed by atoms with E-state index >= 15 is 0 Å². The van der Waals surface area contributed by atoms with Gasteiger partial charge in [-0.2, -0.15) is 0 Å². The third-order valence-electron chi connectivity index (χ3n) is 1.88. The van der Waals surface area contributed by atoms with E-state index in [-0.39, 0.29) is 22.3 Å². The van der Waals surface area contributed by atoms with E-state index in [1.54, 1.807) is 13.8 Å². The molecule has 0 saturated heterocycles. The zero-order chi connectivity index (χ0) is 13.2. The molecule has 0 aliphatic heterocycles. The van der Waals surface area contributed by atoms with Crippen LogP contribution in [0.2, 0.25) is 0 Å². The summed E-state index contributed by atoms with van der Waals surface area (Å²) in [5.41, 5.74) is 5.11. The second kappa shape index (κ2) is 4.68. The summed E-state index contributed by atoms with van der Waals surface area (Å²) >= 11 is 0. The lowest BCUT2D eigenvalue weighted by Crippen LogP contribution is -2.30. The Morgan fingerprint density at radius 2 is 2.00 bits per heavy atom. The van der Waals surface area contributed by atoms with Gasteiger partial charge in [0.1, 0.15) is 4.90 Å². The van der Waals surface area contributed by atoms with E-state index in [4.69, 9.17) is 5.73 Å². The molecule has 0 bridgehead atoms. The molecule has 0 fully saturated rings. The van der Waals surface area contributed by atoms with Gasteiger partial charge in [0.05, 0.1) is 10.6 Å². The summed E-state index contributed by atoms with van der Waals surface area (Å²) in [4.78, 5) is 9.68. The van der Waals surface area contributed by atoms with Crippen molar-refractivity contribution in [1.29, 1.82) is 0 Å². The minimum absolute atomic E-state index is 0.146. The number of anilines is 1. The number of sulfonamides is 1. The second-order valence-electron chi connectivity index (χ2n) is 3.76. The first-order valence-electron chi connectivity index (χ1n) is 4.80. The molecule has 0 unspecified atom stereocenters. The Hall–Kier alpha value is -1.67. The van der Waals surface area contributed by atoms with E-state index < -0.39 is 14.9 Å². The van der Waals surface area contributed by atoms with Gasteiger partial charge in [-0.15, -0.1) is 0 Å². The number of nitro groups is 1. The largest absolute Gasteiger partial charge is 0.397 e. The number of nitrogens with one attached hydrogen (secondary N) is 1. The first-order chi connectivity index (χ1) is 7.74. The molecule has 0 amide bonds. The van der Waals surface area contributed by atoms with Gasteiger partial charge < -0.3 is 5.73 Å². The predicted octanol–water partition coefficient (Wildman–Crippen LogP) is 0.864. The standard InChI is InChI=1S/C9H13N3O4S/c1-6(2)11-17(15,16)9-4-3-7(12(13)14)5-8(9)10/h3-6,11H,10H2,1-2H3. The van der Waals surface area contributed by atoms with Gasteiger partial charge in [0.2, 0.25) is 10.0 Å². The molecule has 0 aliphatic rings. The molecular formula is C9H13N3O4S. The van der Waals surface area contributed by atoms with Crippen LogP contribution in [-0.2, 0) is 10.0 Å². The summed E-state index contributed by atoms with van der Waals surface area (Å²) in [6.07, 6.45) is 0. The first kappa shape index (κ1) is 13.4. The molecule has 8 heteroatoms. The molecule has 0 atom stereocenters. The topological polar surface area (TPSA) is 115 Å². The van der Waals surface area contributed by atoms with E-state index in [2.05, 4.69) is 4.72 Å². The lowest BCUT2D eigenvalue weighted by atomic mass is 10.3. The third kappa shape index (κ3) is 3.14. The number of rotatable bonds is 4. The van der Waals surface area contributed by atoms with E-state index in [0.29, 0.717) is 0 Å². The van der Waals surface area contributed by atoms with Crippen LogP contribution in [0.3, 0.4) is 0 Å². The summed E-state index contributed by atoms with van der Waals surface area (Å²) in [6.45, 7) is 3.33. The van der Waals surface area contributed by atoms with E-state index in [1.807, 2.05) is 0 Å². The van der Waals surface area contributed by atoms with Crippen LogP contribution in [0.15, 0.2) is 23.1 Å². The van der Waals surface area contributed by atoms with E-state index in [0.717, 1.165) is 18.2 Å². The fourth-order valence-corrected chi connectivity index (χ4v) is 2.63. The fraction of sp³-hybridized carbons (Fsp3) is 0.333. The van der Waals surface area contributed by atoms with Gasteiger partial charge in [0.15, 0.2) is 0 Å². The van der Waals surface area contributed by atoms with Crippen LogP contribution < -0.4 is 10.5 Å². The van der Waals surface area contributed by atoms with Gasteiger partial charge in [0.25, 0.3) is 5.69 Å². The zero-order valence-electron chi connectivity index (χ0n) is 9.38. The molecule has 3 N–H and O–H groups in total. The maximum absolute atomic E-state index is 11.8. The van der Waals surface area contributed by atoms with Crippen LogP contribution in [0.1, 0.15) is 13.8 Å². The molecule has 0 spiro atoms. The van der Waals surface area contributed by atoms with E-state index in [1.165, 1.54) is 0 Å². The molecule has 0 radical (unpaired) electrons. The van der Waals surface area contributed by atoms with Gasteiger partial charge in [-0.3, -0.25) is 10.1 Å². The zero-order valence-corrected chi connectivity index (χ0v) is 10.2. The molecule has 0 heterocycles. The lowest BCUT2D eigenvalue weighted by Gasteiger charge is -2.11. The highest BCUT2D eigenvalue weighted by Gasteiger charge is 2.20. The van der Waals surface area contributed by atoms with Crippen LogP contribution in [-0.4, -0.2) is 19.4 Å². The van der Waals surface area contributed by atoms with Gasteiger partial charge in [-0.1, -0.05) is 0 Å². The monoisotopic (exact) mass is 259 g/mol. The Balaban J connectivity index is 3.21. The first-order valence-corrected chi connectivity index (χ1v) is 6.28. The Morgan fingerprint density at radius 3 is 2.41 bits per heavy atom. The minimum atomic E-state index is -3.73. The molecule has 1 aromatic carbocycles. The summed E-state index contributed by atoms with van der Waals surface area (Å²) in [5, 5.41) is 10.5. The molecule has 17 heavy (non-hydrogen) atoms. The van der Waals surface area contributed by atoms with Crippen molar-refractivity contribution in [2.24, 2.45) is 0 Å². The molecule has 94 valence electrons. The van der Waals surface area contributed by atoms with Crippen molar-refractivity contribution in [2.75, 3.05) is 5.73 Å². The van der Waals surface area contributed by atoms with Crippen molar-refractivity contribution >= 4 is 21.4 Å². The maximum Gasteiger partial charge on any atom is 0.271 e. The van der Waals surface area contributed by atoms with Crippen LogP contribution in [0.25, 0.3) is 0 Å². The fourth-order valence-electron chi connectivity index (χ4n) is 1.27. The van der Waals surface area contributed by atoms with Crippen molar-refractivity contribution in [3.63, 3.8) is 0 Å². The lowest BCUT2D eigenvalue weighted by molar-refractivity contribution is -0.384. The van der Waals surface area contributed by atoms with Crippen molar-refractivity contribution < 1.29 is 13.3 Å². The van der Waals surface area contributed by atoms with Gasteiger partial charge in [0, 0.05) is 18.2 Å². The van der Waals surface area contributed by atoms with Crippen molar-refractivity contribution in [3.8, 4) is 0 Å². The SMILES string of the molecule is CC(C)NS(=O)(=O)c1ccc([N+](=O)[O-])cc1N. The number of hydrogen-bond donors (Lipinski definition) is 2. The summed E-state index contributed by atoms with van der Waals surface area (Å²) in [5.74, 6) is 0. The highest BCUT2D eigenvalue weighted by atomic mass is 32.2. The number of hydrogen-bond acceptors (Lipinski definition) is 5. The summed E-state index contributed by atoms with van der Waals surface area (Å²) < 4.78 is 25.9.